The Bertz CT molecular complexity index is 655. The van der Waals surface area contributed by atoms with Crippen molar-refractivity contribution in [3.63, 3.8) is 0 Å². The summed E-state index contributed by atoms with van der Waals surface area (Å²) in [7, 11) is 0. The predicted octanol–water partition coefficient (Wildman–Crippen LogP) is 3.71. The van der Waals surface area contributed by atoms with Crippen LogP contribution in [-0.2, 0) is 4.79 Å². The lowest BCUT2D eigenvalue weighted by Gasteiger charge is -2.35. The predicted molar refractivity (Wildman–Crippen MR) is 112 cm³/mol. The van der Waals surface area contributed by atoms with Crippen LogP contribution in [0.5, 0.6) is 0 Å². The van der Waals surface area contributed by atoms with Gasteiger partial charge < -0.3 is 16.0 Å². The molecule has 6 heteroatoms. The number of nitrogens with one attached hydrogen (secondary N) is 1. The minimum absolute atomic E-state index is 0. The average molecular weight is 396 g/mol. The Hall–Kier alpha value is -1.75. The number of piperidine rings is 1. The molecule has 1 heterocycles. The molecule has 2 aromatic rings. The summed E-state index contributed by atoms with van der Waals surface area (Å²) >= 11 is 0. The molecule has 1 aliphatic rings. The number of carbonyl (C=O) groups is 1. The van der Waals surface area contributed by atoms with Gasteiger partial charge in [0.25, 0.3) is 0 Å². The number of amides is 1. The van der Waals surface area contributed by atoms with Gasteiger partial charge in [-0.15, -0.1) is 24.8 Å². The first-order valence-corrected chi connectivity index (χ1v) is 8.62. The van der Waals surface area contributed by atoms with E-state index < -0.39 is 0 Å². The summed E-state index contributed by atoms with van der Waals surface area (Å²) in [5.41, 5.74) is 8.37. The van der Waals surface area contributed by atoms with Crippen molar-refractivity contribution < 1.29 is 4.79 Å². The highest BCUT2D eigenvalue weighted by Crippen LogP contribution is 2.20. The zero-order chi connectivity index (χ0) is 16.8. The summed E-state index contributed by atoms with van der Waals surface area (Å²) in [6.07, 6.45) is 2.44. The van der Waals surface area contributed by atoms with Gasteiger partial charge in [0.2, 0.25) is 5.91 Å². The van der Waals surface area contributed by atoms with Gasteiger partial charge in [0.15, 0.2) is 0 Å². The number of para-hydroxylation sites is 1. The first-order chi connectivity index (χ1) is 11.7. The monoisotopic (exact) mass is 395 g/mol. The third-order valence-corrected chi connectivity index (χ3v) is 4.54. The highest BCUT2D eigenvalue weighted by Gasteiger charge is 2.22. The first-order valence-electron chi connectivity index (χ1n) is 8.62. The number of nitrogens with zero attached hydrogens (tertiary/aromatic N) is 1. The summed E-state index contributed by atoms with van der Waals surface area (Å²) < 4.78 is 0. The molecule has 3 rings (SSSR count). The zero-order valence-corrected chi connectivity index (χ0v) is 16.3. The van der Waals surface area contributed by atoms with Gasteiger partial charge in [-0.05, 0) is 30.5 Å². The SMILES string of the molecule is Cl.Cl.NC(CC(=O)NC1CCCN(c2ccccc2)C1)c1ccccc1. The number of rotatable bonds is 5. The van der Waals surface area contributed by atoms with Crippen LogP contribution >= 0.6 is 24.8 Å². The molecule has 0 spiro atoms. The van der Waals surface area contributed by atoms with Crippen molar-refractivity contribution in [3.05, 3.63) is 66.2 Å². The number of hydrogen-bond acceptors (Lipinski definition) is 3. The molecule has 2 aromatic carbocycles. The van der Waals surface area contributed by atoms with Crippen LogP contribution in [0.2, 0.25) is 0 Å². The van der Waals surface area contributed by atoms with E-state index >= 15 is 0 Å². The Morgan fingerprint density at radius 3 is 2.35 bits per heavy atom. The Kier molecular flexibility index (Phi) is 9.49. The van der Waals surface area contributed by atoms with Crippen LogP contribution in [0.25, 0.3) is 0 Å². The van der Waals surface area contributed by atoms with Gasteiger partial charge in [-0.3, -0.25) is 4.79 Å². The standard InChI is InChI=1S/C20H25N3O.2ClH/c21-19(16-8-3-1-4-9-16)14-20(24)22-17-10-7-13-23(15-17)18-11-5-2-6-12-18;;/h1-6,8-9,11-12,17,19H,7,10,13-15,21H2,(H,22,24);2*1H. The van der Waals surface area contributed by atoms with E-state index in [0.717, 1.165) is 31.5 Å². The molecule has 1 aliphatic heterocycles. The average Bonchev–Trinajstić information content (AvgIpc) is 2.63. The lowest BCUT2D eigenvalue weighted by atomic mass is 10.0. The number of halogens is 2. The minimum atomic E-state index is -0.250. The van der Waals surface area contributed by atoms with Gasteiger partial charge in [0.1, 0.15) is 0 Å². The third-order valence-electron chi connectivity index (χ3n) is 4.54. The molecule has 1 saturated heterocycles. The number of benzene rings is 2. The van der Waals surface area contributed by atoms with Crippen molar-refractivity contribution in [2.24, 2.45) is 5.73 Å². The van der Waals surface area contributed by atoms with Gasteiger partial charge in [0.05, 0.1) is 0 Å². The number of carbonyl (C=O) groups excluding carboxylic acids is 1. The Labute approximate surface area is 168 Å². The molecule has 26 heavy (non-hydrogen) atoms. The Balaban J connectivity index is 0.00000169. The first kappa shape index (κ1) is 22.3. The fraction of sp³-hybridized carbons (Fsp3) is 0.350. The molecule has 0 bridgehead atoms. The van der Waals surface area contributed by atoms with Crippen molar-refractivity contribution in [2.75, 3.05) is 18.0 Å². The van der Waals surface area contributed by atoms with Crippen LogP contribution in [0.4, 0.5) is 5.69 Å². The maximum atomic E-state index is 12.3. The Morgan fingerprint density at radius 2 is 1.69 bits per heavy atom. The van der Waals surface area contributed by atoms with Gasteiger partial charge in [-0.1, -0.05) is 48.5 Å². The second-order valence-corrected chi connectivity index (χ2v) is 6.41. The van der Waals surface area contributed by atoms with E-state index in [0.29, 0.717) is 6.42 Å². The largest absolute Gasteiger partial charge is 0.369 e. The topological polar surface area (TPSA) is 58.4 Å². The summed E-state index contributed by atoms with van der Waals surface area (Å²) in [6, 6.07) is 20.1. The van der Waals surface area contributed by atoms with Gasteiger partial charge in [-0.2, -0.15) is 0 Å². The molecule has 0 radical (unpaired) electrons. The van der Waals surface area contributed by atoms with E-state index in [2.05, 4.69) is 34.5 Å². The molecule has 142 valence electrons. The van der Waals surface area contributed by atoms with Crippen LogP contribution in [0, 0.1) is 0 Å². The van der Waals surface area contributed by atoms with Crippen LogP contribution in [0.3, 0.4) is 0 Å². The molecule has 4 nitrogen and oxygen atoms in total. The lowest BCUT2D eigenvalue weighted by molar-refractivity contribution is -0.122. The zero-order valence-electron chi connectivity index (χ0n) is 14.7. The van der Waals surface area contributed by atoms with Gasteiger partial charge >= 0.3 is 0 Å². The highest BCUT2D eigenvalue weighted by atomic mass is 35.5. The van der Waals surface area contributed by atoms with Crippen LogP contribution < -0.4 is 16.0 Å². The van der Waals surface area contributed by atoms with Crippen LogP contribution in [-0.4, -0.2) is 25.0 Å². The molecule has 1 amide bonds. The summed E-state index contributed by atoms with van der Waals surface area (Å²) in [6.45, 7) is 1.90. The van der Waals surface area contributed by atoms with Crippen LogP contribution in [0.1, 0.15) is 30.9 Å². The van der Waals surface area contributed by atoms with E-state index in [4.69, 9.17) is 5.73 Å². The van der Waals surface area contributed by atoms with Crippen molar-refractivity contribution in [1.29, 1.82) is 0 Å². The van der Waals surface area contributed by atoms with E-state index in [-0.39, 0.29) is 42.8 Å². The van der Waals surface area contributed by atoms with Crippen molar-refractivity contribution in [3.8, 4) is 0 Å². The molecule has 0 saturated carbocycles. The fourth-order valence-electron chi connectivity index (χ4n) is 3.27. The molecular weight excluding hydrogens is 369 g/mol. The highest BCUT2D eigenvalue weighted by molar-refractivity contribution is 5.85. The number of nitrogens with two attached hydrogens (primary N) is 1. The van der Waals surface area contributed by atoms with Crippen molar-refractivity contribution in [1.82, 2.24) is 5.32 Å². The van der Waals surface area contributed by atoms with Gasteiger partial charge in [-0.25, -0.2) is 0 Å². The maximum absolute atomic E-state index is 12.3. The molecular formula is C20H27Cl2N3O. The van der Waals surface area contributed by atoms with Crippen molar-refractivity contribution >= 4 is 36.4 Å². The summed E-state index contributed by atoms with van der Waals surface area (Å²) in [5, 5.41) is 3.16. The van der Waals surface area contributed by atoms with Crippen LogP contribution in [0.15, 0.2) is 60.7 Å². The number of anilines is 1. The molecule has 0 aromatic heterocycles. The molecule has 2 unspecified atom stereocenters. The fourth-order valence-corrected chi connectivity index (χ4v) is 3.27. The number of hydrogen-bond donors (Lipinski definition) is 2. The van der Waals surface area contributed by atoms with Gasteiger partial charge in [0, 0.05) is 37.3 Å². The lowest BCUT2D eigenvalue weighted by Crippen LogP contribution is -2.48. The second kappa shape index (κ2) is 11.1. The molecule has 0 aliphatic carbocycles. The van der Waals surface area contributed by atoms with Crippen molar-refractivity contribution in [2.45, 2.75) is 31.3 Å². The second-order valence-electron chi connectivity index (χ2n) is 6.41. The minimum Gasteiger partial charge on any atom is -0.369 e. The Morgan fingerprint density at radius 1 is 1.08 bits per heavy atom. The summed E-state index contributed by atoms with van der Waals surface area (Å²) in [5.74, 6) is 0.0336. The quantitative estimate of drug-likeness (QED) is 0.810. The molecule has 3 N–H and O–H groups in total. The van der Waals surface area contributed by atoms with E-state index in [1.165, 1.54) is 5.69 Å². The third kappa shape index (κ3) is 6.20. The maximum Gasteiger partial charge on any atom is 0.222 e. The van der Waals surface area contributed by atoms with E-state index in [9.17, 15) is 4.79 Å². The molecule has 1 fully saturated rings. The normalized spacial score (nSPS) is 17.4. The summed E-state index contributed by atoms with van der Waals surface area (Å²) in [4.78, 5) is 14.7. The molecule has 2 atom stereocenters. The smallest absolute Gasteiger partial charge is 0.222 e. The van der Waals surface area contributed by atoms with E-state index in [1.54, 1.807) is 0 Å². The van der Waals surface area contributed by atoms with E-state index in [1.807, 2.05) is 36.4 Å².